The van der Waals surface area contributed by atoms with Crippen LogP contribution in [-0.2, 0) is 9.53 Å². The van der Waals surface area contributed by atoms with Crippen LogP contribution in [0, 0.1) is 0 Å². The molecule has 124 valence electrons. The molecule has 0 aromatic heterocycles. The van der Waals surface area contributed by atoms with Crippen LogP contribution < -0.4 is 0 Å². The van der Waals surface area contributed by atoms with E-state index in [0.29, 0.717) is 5.56 Å². The highest BCUT2D eigenvalue weighted by molar-refractivity contribution is 9.10. The molecule has 1 N–H and O–H groups in total. The molecular formula is C19H17BrO4. The van der Waals surface area contributed by atoms with Crippen molar-refractivity contribution < 1.29 is 19.4 Å². The second-order valence-corrected chi connectivity index (χ2v) is 6.18. The van der Waals surface area contributed by atoms with E-state index in [-0.39, 0.29) is 5.78 Å². The summed E-state index contributed by atoms with van der Waals surface area (Å²) >= 11 is 3.34. The monoisotopic (exact) mass is 388 g/mol. The molecule has 0 radical (unpaired) electrons. The number of halogens is 1. The van der Waals surface area contributed by atoms with E-state index >= 15 is 0 Å². The standard InChI is InChI=1S/C19H17BrO4/c1-24-18(22)19(23,12-11-14-7-9-16(20)10-8-14)13-17(21)15-5-3-2-4-6-15/h2-12,23H,13H2,1H3/b12-11+/t19-/m0/s1. The number of rotatable bonds is 6. The number of carbonyl (C=O) groups is 2. The third-order valence-corrected chi connectivity index (χ3v) is 4.01. The van der Waals surface area contributed by atoms with Gasteiger partial charge < -0.3 is 9.84 Å². The minimum Gasteiger partial charge on any atom is -0.467 e. The molecule has 2 rings (SSSR count). The maximum atomic E-state index is 12.3. The largest absolute Gasteiger partial charge is 0.467 e. The van der Waals surface area contributed by atoms with Crippen molar-refractivity contribution in [3.05, 3.63) is 76.3 Å². The fourth-order valence-electron chi connectivity index (χ4n) is 2.15. The Balaban J connectivity index is 2.24. The van der Waals surface area contributed by atoms with Gasteiger partial charge in [0.15, 0.2) is 11.4 Å². The Bertz CT molecular complexity index is 738. The van der Waals surface area contributed by atoms with E-state index in [2.05, 4.69) is 20.7 Å². The molecule has 0 amide bonds. The molecule has 0 heterocycles. The van der Waals surface area contributed by atoms with Gasteiger partial charge in [0.25, 0.3) is 0 Å². The van der Waals surface area contributed by atoms with Crippen molar-refractivity contribution in [1.29, 1.82) is 0 Å². The average molecular weight is 389 g/mol. The molecule has 0 aliphatic carbocycles. The van der Waals surface area contributed by atoms with Gasteiger partial charge in [-0.25, -0.2) is 4.79 Å². The number of benzene rings is 2. The number of ether oxygens (including phenoxy) is 1. The van der Waals surface area contributed by atoms with Gasteiger partial charge in [-0.15, -0.1) is 0 Å². The Kier molecular flexibility index (Phi) is 6.06. The first kappa shape index (κ1) is 18.1. The molecule has 5 heteroatoms. The van der Waals surface area contributed by atoms with Crippen LogP contribution in [0.5, 0.6) is 0 Å². The van der Waals surface area contributed by atoms with E-state index < -0.39 is 18.0 Å². The quantitative estimate of drug-likeness (QED) is 0.605. The summed E-state index contributed by atoms with van der Waals surface area (Å²) in [5.41, 5.74) is -0.807. The fraction of sp³-hybridized carbons (Fsp3) is 0.158. The van der Waals surface area contributed by atoms with Crippen LogP contribution in [0.25, 0.3) is 6.08 Å². The average Bonchev–Trinajstić information content (AvgIpc) is 2.61. The number of ketones is 1. The fourth-order valence-corrected chi connectivity index (χ4v) is 2.42. The zero-order valence-electron chi connectivity index (χ0n) is 13.1. The maximum Gasteiger partial charge on any atom is 0.342 e. The topological polar surface area (TPSA) is 63.6 Å². The number of methoxy groups -OCH3 is 1. The second kappa shape index (κ2) is 8.04. The third kappa shape index (κ3) is 4.63. The van der Waals surface area contributed by atoms with Crippen molar-refractivity contribution in [2.24, 2.45) is 0 Å². The van der Waals surface area contributed by atoms with Crippen molar-refractivity contribution >= 4 is 33.8 Å². The Morgan fingerprint density at radius 3 is 2.33 bits per heavy atom. The predicted octanol–water partition coefficient (Wildman–Crippen LogP) is 3.64. The summed E-state index contributed by atoms with van der Waals surface area (Å²) in [5.74, 6) is -1.22. The first-order chi connectivity index (χ1) is 11.4. The van der Waals surface area contributed by atoms with E-state index in [0.717, 1.165) is 10.0 Å². The van der Waals surface area contributed by atoms with Crippen LogP contribution in [0.2, 0.25) is 0 Å². The highest BCUT2D eigenvalue weighted by atomic mass is 79.9. The first-order valence-corrected chi connectivity index (χ1v) is 8.08. The van der Waals surface area contributed by atoms with Gasteiger partial charge in [0.05, 0.1) is 13.5 Å². The van der Waals surface area contributed by atoms with E-state index in [4.69, 9.17) is 0 Å². The second-order valence-electron chi connectivity index (χ2n) is 5.27. The van der Waals surface area contributed by atoms with Crippen LogP contribution in [0.15, 0.2) is 65.1 Å². The normalized spacial score (nSPS) is 13.5. The molecule has 24 heavy (non-hydrogen) atoms. The summed E-state index contributed by atoms with van der Waals surface area (Å²) in [6.45, 7) is 0. The summed E-state index contributed by atoms with van der Waals surface area (Å²) in [6, 6.07) is 15.8. The van der Waals surface area contributed by atoms with Crippen molar-refractivity contribution in [2.75, 3.05) is 7.11 Å². The van der Waals surface area contributed by atoms with Gasteiger partial charge >= 0.3 is 5.97 Å². The minimum atomic E-state index is -2.02. The smallest absolute Gasteiger partial charge is 0.342 e. The molecule has 0 bridgehead atoms. The lowest BCUT2D eigenvalue weighted by Crippen LogP contribution is -2.39. The molecule has 0 saturated heterocycles. The van der Waals surface area contributed by atoms with Crippen molar-refractivity contribution in [3.63, 3.8) is 0 Å². The van der Waals surface area contributed by atoms with Crippen LogP contribution in [0.4, 0.5) is 0 Å². The van der Waals surface area contributed by atoms with Gasteiger partial charge in [-0.3, -0.25) is 4.79 Å². The molecule has 0 aliphatic rings. The van der Waals surface area contributed by atoms with Crippen LogP contribution >= 0.6 is 15.9 Å². The summed E-state index contributed by atoms with van der Waals surface area (Å²) in [5, 5.41) is 10.6. The molecule has 0 saturated carbocycles. The highest BCUT2D eigenvalue weighted by Gasteiger charge is 2.37. The summed E-state index contributed by atoms with van der Waals surface area (Å²) in [4.78, 5) is 24.3. The molecule has 0 spiro atoms. The van der Waals surface area contributed by atoms with Gasteiger partial charge in [0.1, 0.15) is 0 Å². The van der Waals surface area contributed by atoms with E-state index in [1.54, 1.807) is 36.4 Å². The Hall–Kier alpha value is -2.24. The number of carbonyl (C=O) groups excluding carboxylic acids is 2. The van der Waals surface area contributed by atoms with Crippen LogP contribution in [0.1, 0.15) is 22.3 Å². The van der Waals surface area contributed by atoms with E-state index in [1.807, 2.05) is 24.3 Å². The SMILES string of the molecule is COC(=O)[C@](O)(/C=C/c1ccc(Br)cc1)CC(=O)c1ccccc1. The van der Waals surface area contributed by atoms with Gasteiger partial charge in [-0.05, 0) is 23.8 Å². The first-order valence-electron chi connectivity index (χ1n) is 7.28. The predicted molar refractivity (Wildman–Crippen MR) is 95.5 cm³/mol. The zero-order chi connectivity index (χ0) is 17.6. The van der Waals surface area contributed by atoms with E-state index in [9.17, 15) is 14.7 Å². The summed E-state index contributed by atoms with van der Waals surface area (Å²) < 4.78 is 5.58. The van der Waals surface area contributed by atoms with Gasteiger partial charge in [-0.2, -0.15) is 0 Å². The van der Waals surface area contributed by atoms with Crippen LogP contribution in [0.3, 0.4) is 0 Å². The highest BCUT2D eigenvalue weighted by Crippen LogP contribution is 2.20. The summed E-state index contributed by atoms with van der Waals surface area (Å²) in [7, 11) is 1.17. The molecule has 4 nitrogen and oxygen atoms in total. The molecule has 2 aromatic carbocycles. The zero-order valence-corrected chi connectivity index (χ0v) is 14.7. The number of Topliss-reactive ketones (excluding diaryl/α,β-unsaturated/α-hetero) is 1. The lowest BCUT2D eigenvalue weighted by molar-refractivity contribution is -0.156. The molecular weight excluding hydrogens is 372 g/mol. The lowest BCUT2D eigenvalue weighted by Gasteiger charge is -2.21. The van der Waals surface area contributed by atoms with Gasteiger partial charge in [0.2, 0.25) is 0 Å². The minimum absolute atomic E-state index is 0.344. The van der Waals surface area contributed by atoms with Gasteiger partial charge in [-0.1, -0.05) is 64.5 Å². The number of hydrogen-bond acceptors (Lipinski definition) is 4. The van der Waals surface area contributed by atoms with Crippen LogP contribution in [-0.4, -0.2) is 29.6 Å². The van der Waals surface area contributed by atoms with Crippen molar-refractivity contribution in [2.45, 2.75) is 12.0 Å². The molecule has 0 fully saturated rings. The third-order valence-electron chi connectivity index (χ3n) is 3.49. The number of esters is 1. The van der Waals surface area contributed by atoms with Crippen molar-refractivity contribution in [3.8, 4) is 0 Å². The summed E-state index contributed by atoms with van der Waals surface area (Å²) in [6.07, 6.45) is 2.49. The van der Waals surface area contributed by atoms with Crippen molar-refractivity contribution in [1.82, 2.24) is 0 Å². The van der Waals surface area contributed by atoms with Gasteiger partial charge in [0, 0.05) is 10.0 Å². The molecule has 1 atom stereocenters. The van der Waals surface area contributed by atoms with E-state index in [1.165, 1.54) is 13.2 Å². The molecule has 2 aromatic rings. The Morgan fingerprint density at radius 1 is 1.12 bits per heavy atom. The number of aliphatic hydroxyl groups is 1. The number of hydrogen-bond donors (Lipinski definition) is 1. The lowest BCUT2D eigenvalue weighted by atomic mass is 9.92. The maximum absolute atomic E-state index is 12.3. The molecule has 0 unspecified atom stereocenters. The molecule has 0 aliphatic heterocycles. The Morgan fingerprint density at radius 2 is 1.75 bits per heavy atom. The Labute approximate surface area is 148 Å².